The van der Waals surface area contributed by atoms with Gasteiger partial charge < -0.3 is 4.74 Å². The molecule has 0 heterocycles. The molecule has 0 N–H and O–H groups in total. The Balaban J connectivity index is 2.05. The fourth-order valence-electron chi connectivity index (χ4n) is 3.23. The van der Waals surface area contributed by atoms with Crippen molar-refractivity contribution < 1.29 is 9.53 Å². The minimum absolute atomic E-state index is 0.378. The third kappa shape index (κ3) is 3.72. The molecule has 0 saturated heterocycles. The minimum atomic E-state index is -0.378. The summed E-state index contributed by atoms with van der Waals surface area (Å²) in [5.74, 6) is 1.74. The first kappa shape index (κ1) is 14.8. The zero-order chi connectivity index (χ0) is 14.4. The highest BCUT2D eigenvalue weighted by atomic mass is 16.5. The average molecular weight is 272 g/mol. The first-order chi connectivity index (χ1) is 9.74. The van der Waals surface area contributed by atoms with Gasteiger partial charge in [-0.2, -0.15) is 0 Å². The predicted molar refractivity (Wildman–Crippen MR) is 81.9 cm³/mol. The van der Waals surface area contributed by atoms with E-state index in [4.69, 9.17) is 4.74 Å². The van der Waals surface area contributed by atoms with Gasteiger partial charge in [-0.3, -0.25) is 0 Å². The van der Waals surface area contributed by atoms with Crippen LogP contribution in [0.1, 0.15) is 56.9 Å². The van der Waals surface area contributed by atoms with Gasteiger partial charge in [0, 0.05) is 6.08 Å². The Hall–Kier alpha value is -1.57. The Bertz CT molecular complexity index is 456. The summed E-state index contributed by atoms with van der Waals surface area (Å²) >= 11 is 0. The van der Waals surface area contributed by atoms with E-state index in [0.717, 1.165) is 5.92 Å². The third-order valence-corrected chi connectivity index (χ3v) is 4.28. The van der Waals surface area contributed by atoms with Crippen molar-refractivity contribution in [3.05, 3.63) is 42.5 Å². The van der Waals surface area contributed by atoms with E-state index in [2.05, 4.69) is 19.6 Å². The molecule has 0 amide bonds. The molecule has 2 nitrogen and oxygen atoms in total. The van der Waals surface area contributed by atoms with Gasteiger partial charge in [0.05, 0.1) is 0 Å². The Morgan fingerprint density at radius 2 is 2.00 bits per heavy atom. The monoisotopic (exact) mass is 272 g/mol. The minimum Gasteiger partial charge on any atom is -0.423 e. The normalized spacial score (nSPS) is 22.2. The van der Waals surface area contributed by atoms with Gasteiger partial charge in [-0.25, -0.2) is 4.79 Å². The summed E-state index contributed by atoms with van der Waals surface area (Å²) in [5, 5.41) is 0. The fourth-order valence-corrected chi connectivity index (χ4v) is 3.23. The van der Waals surface area contributed by atoms with E-state index in [9.17, 15) is 4.79 Å². The molecule has 0 spiro atoms. The molecule has 2 heteroatoms. The summed E-state index contributed by atoms with van der Waals surface area (Å²) in [6.07, 6.45) is 8.84. The highest BCUT2D eigenvalue weighted by Gasteiger charge is 2.24. The number of hydrogen-bond acceptors (Lipinski definition) is 2. The molecule has 0 unspecified atom stereocenters. The lowest BCUT2D eigenvalue weighted by molar-refractivity contribution is -0.129. The van der Waals surface area contributed by atoms with Crippen LogP contribution >= 0.6 is 0 Å². The van der Waals surface area contributed by atoms with E-state index >= 15 is 0 Å². The molecule has 1 saturated carbocycles. The van der Waals surface area contributed by atoms with Crippen molar-refractivity contribution in [2.75, 3.05) is 0 Å². The maximum Gasteiger partial charge on any atom is 0.335 e. The van der Waals surface area contributed by atoms with Crippen molar-refractivity contribution in [2.24, 2.45) is 5.92 Å². The van der Waals surface area contributed by atoms with Gasteiger partial charge in [0.2, 0.25) is 0 Å². The van der Waals surface area contributed by atoms with Crippen molar-refractivity contribution in [2.45, 2.75) is 51.4 Å². The van der Waals surface area contributed by atoms with Crippen LogP contribution in [0.3, 0.4) is 0 Å². The molecule has 2 rings (SSSR count). The molecule has 1 aliphatic rings. The first-order valence-electron chi connectivity index (χ1n) is 7.67. The second kappa shape index (κ2) is 7.28. The van der Waals surface area contributed by atoms with E-state index < -0.39 is 0 Å². The van der Waals surface area contributed by atoms with Gasteiger partial charge in [-0.15, -0.1) is 0 Å². The number of carbonyl (C=O) groups excluding carboxylic acids is 1. The number of benzene rings is 1. The number of para-hydroxylation sites is 1. The van der Waals surface area contributed by atoms with Crippen LogP contribution in [0.4, 0.5) is 0 Å². The number of rotatable bonds is 5. The number of hydrogen-bond donors (Lipinski definition) is 0. The standard InChI is InChI=1S/C18H24O2/c1-3-7-14-10-12-15(13-11-14)16-8-5-6-9-17(16)20-18(19)4-2/h4-6,8-9,14-15H,2-3,7,10-13H2,1H3. The molecule has 1 aromatic carbocycles. The Labute approximate surface area is 121 Å². The zero-order valence-electron chi connectivity index (χ0n) is 12.3. The van der Waals surface area contributed by atoms with Crippen LogP contribution in [-0.2, 0) is 4.79 Å². The summed E-state index contributed by atoms with van der Waals surface area (Å²) < 4.78 is 5.37. The van der Waals surface area contributed by atoms with Crippen molar-refractivity contribution >= 4 is 5.97 Å². The quantitative estimate of drug-likeness (QED) is 0.435. The van der Waals surface area contributed by atoms with Gasteiger partial charge in [0.1, 0.15) is 5.75 Å². The average Bonchev–Trinajstić information content (AvgIpc) is 2.49. The first-order valence-corrected chi connectivity index (χ1v) is 7.67. The summed E-state index contributed by atoms with van der Waals surface area (Å²) in [6, 6.07) is 7.92. The van der Waals surface area contributed by atoms with E-state index in [1.807, 2.05) is 18.2 Å². The van der Waals surface area contributed by atoms with Crippen LogP contribution < -0.4 is 4.74 Å². The van der Waals surface area contributed by atoms with Crippen LogP contribution in [0.5, 0.6) is 5.75 Å². The second-order valence-electron chi connectivity index (χ2n) is 5.67. The predicted octanol–water partition coefficient (Wildman–Crippen LogP) is 4.85. The molecule has 20 heavy (non-hydrogen) atoms. The molecule has 1 aliphatic carbocycles. The molecular formula is C18H24O2. The lowest BCUT2D eigenvalue weighted by Gasteiger charge is -2.29. The van der Waals surface area contributed by atoms with Gasteiger partial charge in [0.15, 0.2) is 0 Å². The van der Waals surface area contributed by atoms with Gasteiger partial charge in [-0.1, -0.05) is 44.5 Å². The summed E-state index contributed by atoms with van der Waals surface area (Å²) in [5.41, 5.74) is 1.18. The van der Waals surface area contributed by atoms with Crippen LogP contribution in [0.2, 0.25) is 0 Å². The van der Waals surface area contributed by atoms with Gasteiger partial charge in [0.25, 0.3) is 0 Å². The van der Waals surface area contributed by atoms with Crippen LogP contribution in [0.25, 0.3) is 0 Å². The van der Waals surface area contributed by atoms with Crippen molar-refractivity contribution in [3.63, 3.8) is 0 Å². The fraction of sp³-hybridized carbons (Fsp3) is 0.500. The Morgan fingerprint density at radius 3 is 2.65 bits per heavy atom. The topological polar surface area (TPSA) is 26.3 Å². The summed E-state index contributed by atoms with van der Waals surface area (Å²) in [6.45, 7) is 5.71. The lowest BCUT2D eigenvalue weighted by Crippen LogP contribution is -2.15. The summed E-state index contributed by atoms with van der Waals surface area (Å²) in [7, 11) is 0. The maximum atomic E-state index is 11.4. The molecular weight excluding hydrogens is 248 g/mol. The van der Waals surface area contributed by atoms with E-state index in [-0.39, 0.29) is 5.97 Å². The van der Waals surface area contributed by atoms with Crippen LogP contribution in [0, 0.1) is 5.92 Å². The number of carbonyl (C=O) groups is 1. The smallest absolute Gasteiger partial charge is 0.335 e. The van der Waals surface area contributed by atoms with E-state index in [1.165, 1.54) is 50.2 Å². The maximum absolute atomic E-state index is 11.4. The molecule has 0 aromatic heterocycles. The van der Waals surface area contributed by atoms with Crippen LogP contribution in [-0.4, -0.2) is 5.97 Å². The highest BCUT2D eigenvalue weighted by molar-refractivity contribution is 5.83. The van der Waals surface area contributed by atoms with E-state index in [0.29, 0.717) is 11.7 Å². The SMILES string of the molecule is C=CC(=O)Oc1ccccc1C1CCC(CCC)CC1. The number of ether oxygens (including phenoxy) is 1. The zero-order valence-corrected chi connectivity index (χ0v) is 12.3. The lowest BCUT2D eigenvalue weighted by atomic mass is 9.77. The molecule has 1 aromatic rings. The highest BCUT2D eigenvalue weighted by Crippen LogP contribution is 2.40. The molecule has 108 valence electrons. The van der Waals surface area contributed by atoms with Crippen LogP contribution in [0.15, 0.2) is 36.9 Å². The van der Waals surface area contributed by atoms with Crippen molar-refractivity contribution in [1.82, 2.24) is 0 Å². The molecule has 0 atom stereocenters. The van der Waals surface area contributed by atoms with Crippen molar-refractivity contribution in [3.8, 4) is 5.75 Å². The number of esters is 1. The van der Waals surface area contributed by atoms with Crippen molar-refractivity contribution in [1.29, 1.82) is 0 Å². The molecule has 1 fully saturated rings. The second-order valence-corrected chi connectivity index (χ2v) is 5.67. The third-order valence-electron chi connectivity index (χ3n) is 4.28. The van der Waals surface area contributed by atoms with E-state index in [1.54, 1.807) is 0 Å². The Kier molecular flexibility index (Phi) is 5.40. The molecule has 0 radical (unpaired) electrons. The molecule has 0 aliphatic heterocycles. The largest absolute Gasteiger partial charge is 0.423 e. The van der Waals surface area contributed by atoms with Gasteiger partial charge in [-0.05, 0) is 49.1 Å². The summed E-state index contributed by atoms with van der Waals surface area (Å²) in [4.78, 5) is 11.4. The Morgan fingerprint density at radius 1 is 1.30 bits per heavy atom. The molecule has 0 bridgehead atoms. The van der Waals surface area contributed by atoms with Gasteiger partial charge >= 0.3 is 5.97 Å².